The van der Waals surface area contributed by atoms with Gasteiger partial charge in [-0.1, -0.05) is 0 Å². The number of Topliss-reactive ketones (excluding diaryl/α,β-unsaturated/α-hetero) is 1. The summed E-state index contributed by atoms with van der Waals surface area (Å²) in [5, 5.41) is 39.0. The van der Waals surface area contributed by atoms with Crippen molar-refractivity contribution in [1.82, 2.24) is 31.5 Å². The van der Waals surface area contributed by atoms with E-state index in [-0.39, 0.29) is 59.8 Å². The van der Waals surface area contributed by atoms with E-state index in [1.54, 1.807) is 32.9 Å². The van der Waals surface area contributed by atoms with E-state index in [0.29, 0.717) is 4.90 Å². The van der Waals surface area contributed by atoms with Gasteiger partial charge in [0.05, 0.1) is 35.3 Å². The minimum absolute atomic E-state index is 0.00352. The van der Waals surface area contributed by atoms with Crippen LogP contribution in [0.5, 0.6) is 11.5 Å². The van der Waals surface area contributed by atoms with Crippen LogP contribution in [-0.4, -0.2) is 138 Å². The van der Waals surface area contributed by atoms with Crippen molar-refractivity contribution in [2.45, 2.75) is 58.8 Å². The number of phenolic OH excluding ortho intramolecular Hbond substituents is 2. The number of imide groups is 1. The zero-order valence-electron chi connectivity index (χ0n) is 33.4. The largest absolute Gasteiger partial charge is 0.507 e. The summed E-state index contributed by atoms with van der Waals surface area (Å²) in [6.45, 7) is 6.34. The fourth-order valence-electron chi connectivity index (χ4n) is 5.77. The number of fused-ring (bicyclic) bond motifs is 11. The van der Waals surface area contributed by atoms with Gasteiger partial charge in [-0.15, -0.1) is 0 Å². The summed E-state index contributed by atoms with van der Waals surface area (Å²) in [5.74, 6) is -6.80. The van der Waals surface area contributed by atoms with E-state index < -0.39 is 108 Å². The molecule has 9 N–H and O–H groups in total. The van der Waals surface area contributed by atoms with Crippen LogP contribution in [0.2, 0.25) is 0 Å². The number of ketones is 3. The number of alkyl carbamates (subject to hydrolysis) is 1. The molecule has 0 fully saturated rings. The number of carbonyl (C=O) groups excluding carboxylic acids is 9. The molecule has 1 atom stereocenters. The molecule has 318 valence electrons. The van der Waals surface area contributed by atoms with Crippen LogP contribution in [0.1, 0.15) is 73.4 Å². The van der Waals surface area contributed by atoms with Crippen LogP contribution in [0, 0.1) is 0 Å². The third kappa shape index (κ3) is 11.9. The second kappa shape index (κ2) is 18.7. The Labute approximate surface area is 338 Å². The molecule has 3 aliphatic rings. The highest BCUT2D eigenvalue weighted by Gasteiger charge is 2.38. The molecule has 1 unspecified atom stereocenters. The van der Waals surface area contributed by atoms with Crippen LogP contribution in [-0.2, 0) is 33.4 Å². The Morgan fingerprint density at radius 1 is 0.661 bits per heavy atom. The number of anilines is 2. The van der Waals surface area contributed by atoms with Crippen molar-refractivity contribution >= 4 is 64.5 Å². The fraction of sp³-hybridized carbons (Fsp3) is 0.447. The van der Waals surface area contributed by atoms with Crippen molar-refractivity contribution in [3.05, 3.63) is 46.5 Å². The second-order valence-electron chi connectivity index (χ2n) is 15.3. The highest BCUT2D eigenvalue weighted by Crippen LogP contribution is 2.42. The van der Waals surface area contributed by atoms with E-state index >= 15 is 0 Å². The minimum atomic E-state index is -1.50. The highest BCUT2D eigenvalue weighted by molar-refractivity contribution is 6.33. The van der Waals surface area contributed by atoms with E-state index in [9.17, 15) is 53.4 Å². The maximum Gasteiger partial charge on any atom is 0.417 e. The molecule has 0 saturated heterocycles. The average Bonchev–Trinajstić information content (AvgIpc) is 3.14. The Morgan fingerprint density at radius 2 is 1.17 bits per heavy atom. The molecule has 5 rings (SSSR count). The number of aromatic hydroxyl groups is 2. The summed E-state index contributed by atoms with van der Waals surface area (Å²) in [4.78, 5) is 117. The molecular formula is C38H48N8O13. The first-order valence-corrected chi connectivity index (χ1v) is 18.4. The monoisotopic (exact) mass is 824 g/mol. The van der Waals surface area contributed by atoms with Crippen LogP contribution >= 0.6 is 0 Å². The van der Waals surface area contributed by atoms with Gasteiger partial charge >= 0.3 is 12.2 Å². The SMILES string of the molecule is CC(C)(C)OC(=O)NCC(=O)NCC(=O)N(CC(=O)NCC(=O)C1NCCNc2ccc(c3c2C(=O)c2c(O)ccc(O)c2C3=O)NCCNC1=O)C(=O)OC(C)(C)C. The minimum Gasteiger partial charge on any atom is -0.507 e. The molecule has 0 radical (unpaired) electrons. The number of hydrogen-bond acceptors (Lipinski definition) is 16. The third-order valence-corrected chi connectivity index (χ3v) is 8.29. The Balaban J connectivity index is 1.40. The lowest BCUT2D eigenvalue weighted by atomic mass is 9.81. The van der Waals surface area contributed by atoms with E-state index in [0.717, 1.165) is 12.1 Å². The molecule has 2 aromatic rings. The zero-order valence-corrected chi connectivity index (χ0v) is 33.4. The topological polar surface area (TPSA) is 300 Å². The first-order valence-electron chi connectivity index (χ1n) is 18.4. The number of nitrogens with one attached hydrogen (secondary N) is 7. The summed E-state index contributed by atoms with van der Waals surface area (Å²) >= 11 is 0. The zero-order chi connectivity index (χ0) is 43.8. The molecule has 2 aromatic carbocycles. The lowest BCUT2D eigenvalue weighted by molar-refractivity contribution is -0.136. The van der Waals surface area contributed by atoms with E-state index in [2.05, 4.69) is 37.2 Å². The molecule has 0 saturated carbocycles. The molecular weight excluding hydrogens is 776 g/mol. The summed E-state index contributed by atoms with van der Waals surface area (Å²) in [6, 6.07) is 3.81. The predicted octanol–water partition coefficient (Wildman–Crippen LogP) is -0.125. The molecule has 2 heterocycles. The number of benzene rings is 2. The van der Waals surface area contributed by atoms with Gasteiger partial charge in [-0.25, -0.2) is 14.5 Å². The number of amides is 6. The van der Waals surface area contributed by atoms with Crippen molar-refractivity contribution in [1.29, 1.82) is 0 Å². The lowest BCUT2D eigenvalue weighted by Crippen LogP contribution is -2.55. The third-order valence-electron chi connectivity index (χ3n) is 8.29. The van der Waals surface area contributed by atoms with Crippen molar-refractivity contribution < 1.29 is 62.8 Å². The second-order valence-corrected chi connectivity index (χ2v) is 15.3. The first kappa shape index (κ1) is 44.9. The average molecular weight is 825 g/mol. The van der Waals surface area contributed by atoms with Gasteiger partial charge in [-0.05, 0) is 65.8 Å². The summed E-state index contributed by atoms with van der Waals surface area (Å²) < 4.78 is 10.3. The molecule has 2 bridgehead atoms. The fourth-order valence-corrected chi connectivity index (χ4v) is 5.77. The molecule has 6 amide bonds. The molecule has 1 aliphatic carbocycles. The van der Waals surface area contributed by atoms with Gasteiger partial charge in [-0.3, -0.25) is 38.9 Å². The van der Waals surface area contributed by atoms with Crippen LogP contribution < -0.4 is 37.2 Å². The van der Waals surface area contributed by atoms with Crippen LogP contribution in [0.15, 0.2) is 24.3 Å². The molecule has 21 heteroatoms. The van der Waals surface area contributed by atoms with Crippen LogP contribution in [0.3, 0.4) is 0 Å². The van der Waals surface area contributed by atoms with Crippen molar-refractivity contribution in [2.24, 2.45) is 0 Å². The van der Waals surface area contributed by atoms with Crippen molar-refractivity contribution in [3.8, 4) is 11.5 Å². The number of rotatable bonds is 9. The molecule has 0 spiro atoms. The van der Waals surface area contributed by atoms with Gasteiger partial charge < -0.3 is 51.6 Å². The van der Waals surface area contributed by atoms with Gasteiger partial charge in [-0.2, -0.15) is 0 Å². The Morgan fingerprint density at radius 3 is 1.71 bits per heavy atom. The molecule has 21 nitrogen and oxygen atoms in total. The van der Waals surface area contributed by atoms with Crippen LogP contribution in [0.25, 0.3) is 0 Å². The normalized spacial score (nSPS) is 15.4. The van der Waals surface area contributed by atoms with Gasteiger partial charge in [0.2, 0.25) is 29.3 Å². The van der Waals surface area contributed by atoms with Crippen molar-refractivity contribution in [3.63, 3.8) is 0 Å². The first-order chi connectivity index (χ1) is 27.6. The summed E-state index contributed by atoms with van der Waals surface area (Å²) in [7, 11) is 0. The predicted molar refractivity (Wildman–Crippen MR) is 208 cm³/mol. The maximum atomic E-state index is 13.7. The van der Waals surface area contributed by atoms with Gasteiger partial charge in [0.15, 0.2) is 5.78 Å². The standard InChI is InChI=1S/C38H48N8O13/c1-37(2,3)58-35(56)45-16-24(50)44-17-26(52)46(36(57)59-38(4,5)6)18-25(51)43-15-23(49)31-34(55)42-14-12-40-20-8-7-19(39-11-13-41-31)27-28(20)33(54)30-22(48)10-9-21(47)29(30)32(27)53/h7-10,31,39-41,47-48H,11-18H2,1-6H3,(H,42,55)(H,43,51)(H,44,50)(H,45,56). The molecule has 0 aromatic heterocycles. The maximum absolute atomic E-state index is 13.7. The number of carbonyl (C=O) groups is 9. The summed E-state index contributed by atoms with van der Waals surface area (Å²) in [5.41, 5.74) is -2.28. The number of nitrogens with zero attached hydrogens (tertiary/aromatic N) is 1. The van der Waals surface area contributed by atoms with E-state index in [1.807, 2.05) is 0 Å². The molecule has 59 heavy (non-hydrogen) atoms. The summed E-state index contributed by atoms with van der Waals surface area (Å²) in [6.07, 6.45) is -2.10. The Bertz CT molecular complexity index is 2050. The quantitative estimate of drug-likeness (QED) is 0.0772. The number of ether oxygens (including phenoxy) is 2. The Hall–Kier alpha value is -6.77. The molecule has 2 aliphatic heterocycles. The van der Waals surface area contributed by atoms with Crippen LogP contribution in [0.4, 0.5) is 21.0 Å². The van der Waals surface area contributed by atoms with Gasteiger partial charge in [0, 0.05) is 37.6 Å². The van der Waals surface area contributed by atoms with Gasteiger partial charge in [0.25, 0.3) is 5.91 Å². The Kier molecular flexibility index (Phi) is 14.2. The number of phenols is 2. The van der Waals surface area contributed by atoms with Gasteiger partial charge in [0.1, 0.15) is 41.8 Å². The van der Waals surface area contributed by atoms with Crippen molar-refractivity contribution in [2.75, 3.05) is 63.0 Å². The smallest absolute Gasteiger partial charge is 0.417 e. The van der Waals surface area contributed by atoms with E-state index in [4.69, 9.17) is 9.47 Å². The highest BCUT2D eigenvalue weighted by atomic mass is 16.6. The lowest BCUT2D eigenvalue weighted by Gasteiger charge is -2.26. The van der Waals surface area contributed by atoms with E-state index in [1.165, 1.54) is 20.8 Å². The number of hydrogen-bond donors (Lipinski definition) is 9.